The molecule has 1 rings (SSSR count). The number of allylic oxidation sites excluding steroid dienone is 4. The van der Waals surface area contributed by atoms with Crippen LogP contribution >= 0.6 is 0 Å². The van der Waals surface area contributed by atoms with Gasteiger partial charge in [0.25, 0.3) is 0 Å². The number of hydrogen-bond donors (Lipinski definition) is 0. The number of esters is 2. The van der Waals surface area contributed by atoms with Gasteiger partial charge in [0.2, 0.25) is 0 Å². The first-order chi connectivity index (χ1) is 18.3. The van der Waals surface area contributed by atoms with Crippen LogP contribution in [-0.4, -0.2) is 38.1 Å². The number of ether oxygens (including phenoxy) is 2. The first-order valence-corrected chi connectivity index (χ1v) is 15.5. The summed E-state index contributed by atoms with van der Waals surface area (Å²) >= 11 is 0. The maximum absolute atomic E-state index is 12.8. The van der Waals surface area contributed by atoms with E-state index in [4.69, 9.17) is 9.47 Å². The average Bonchev–Trinajstić information content (AvgIpc) is 2.89. The average molecular weight is 573 g/mol. The van der Waals surface area contributed by atoms with Gasteiger partial charge in [-0.15, -0.1) is 0 Å². The van der Waals surface area contributed by atoms with Crippen molar-refractivity contribution in [2.24, 2.45) is 0 Å². The Morgan fingerprint density at radius 2 is 1.18 bits per heavy atom. The Morgan fingerprint density at radius 3 is 1.64 bits per heavy atom. The fraction of sp³-hybridized carbons (Fsp3) is 0.600. The monoisotopic (exact) mass is 572 g/mol. The van der Waals surface area contributed by atoms with Gasteiger partial charge in [-0.25, -0.2) is 18.0 Å². The molecule has 0 N–H and O–H groups in total. The second-order valence-corrected chi connectivity index (χ2v) is 10.7. The summed E-state index contributed by atoms with van der Waals surface area (Å²) in [5.74, 6) is -1.89. The zero-order valence-electron chi connectivity index (χ0n) is 24.1. The summed E-state index contributed by atoms with van der Waals surface area (Å²) < 4.78 is 45.9. The fourth-order valence-corrected chi connectivity index (χ4v) is 4.54. The van der Waals surface area contributed by atoms with Gasteiger partial charge in [0.15, 0.2) is 0 Å². The van der Waals surface area contributed by atoms with Gasteiger partial charge in [0, 0.05) is 0 Å². The molecule has 214 valence electrons. The summed E-state index contributed by atoms with van der Waals surface area (Å²) in [5, 5.41) is 0. The third-order valence-corrected chi connectivity index (χ3v) is 6.88. The molecule has 1 aromatic carbocycles. The van der Waals surface area contributed by atoms with E-state index in [9.17, 15) is 22.6 Å². The molecule has 0 amide bonds. The van der Waals surface area contributed by atoms with E-state index in [0.717, 1.165) is 38.2 Å². The van der Waals surface area contributed by atoms with Gasteiger partial charge >= 0.3 is 41.5 Å². The number of carbonyl (C=O) groups excluding carboxylic acids is 2. The maximum Gasteiger partial charge on any atom is 1.00 e. The molecule has 39 heavy (non-hydrogen) atoms. The molecular weight excluding hydrogens is 527 g/mol. The van der Waals surface area contributed by atoms with Crippen LogP contribution in [0.1, 0.15) is 124 Å². The first kappa shape index (κ1) is 37.6. The van der Waals surface area contributed by atoms with E-state index in [1.165, 1.54) is 50.7 Å². The van der Waals surface area contributed by atoms with Crippen molar-refractivity contribution >= 4 is 22.1 Å². The second kappa shape index (κ2) is 23.3. The number of rotatable bonds is 21. The molecule has 0 atom stereocenters. The molecule has 9 heteroatoms. The Kier molecular flexibility index (Phi) is 22.4. The van der Waals surface area contributed by atoms with Gasteiger partial charge in [-0.1, -0.05) is 82.7 Å². The summed E-state index contributed by atoms with van der Waals surface area (Å²) in [7, 11) is -5.01. The molecule has 0 aliphatic rings. The van der Waals surface area contributed by atoms with Crippen molar-refractivity contribution in [1.82, 2.24) is 0 Å². The Labute approximate surface area is 257 Å². The van der Waals surface area contributed by atoms with Crippen LogP contribution in [0.25, 0.3) is 0 Å². The molecule has 0 aromatic heterocycles. The summed E-state index contributed by atoms with van der Waals surface area (Å²) in [4.78, 5) is 24.6. The summed E-state index contributed by atoms with van der Waals surface area (Å²) in [6.07, 6.45) is 22.5. The van der Waals surface area contributed by atoms with Crippen LogP contribution in [0, 0.1) is 0 Å². The van der Waals surface area contributed by atoms with E-state index in [0.29, 0.717) is 19.3 Å². The molecule has 0 radical (unpaired) electrons. The zero-order valence-corrected chi connectivity index (χ0v) is 26.9. The van der Waals surface area contributed by atoms with Gasteiger partial charge in [-0.2, -0.15) is 0 Å². The van der Waals surface area contributed by atoms with Crippen LogP contribution in [0.2, 0.25) is 0 Å². The Hall–Kier alpha value is -1.45. The van der Waals surface area contributed by atoms with E-state index in [1.807, 2.05) is 6.08 Å². The number of unbranched alkanes of at least 4 members (excludes halogenated alkanes) is 10. The van der Waals surface area contributed by atoms with Gasteiger partial charge in [-0.05, 0) is 63.5 Å². The molecule has 1 aromatic rings. The minimum absolute atomic E-state index is 0. The molecule has 7 nitrogen and oxygen atoms in total. The minimum atomic E-state index is -5.01. The van der Waals surface area contributed by atoms with Gasteiger partial charge in [0.1, 0.15) is 10.1 Å². The summed E-state index contributed by atoms with van der Waals surface area (Å²) in [5.41, 5.74) is -0.851. The molecule has 0 bridgehead atoms. The SMILES string of the molecule is CCCCCC/C=C/CCCOC(=O)c1cccc(S(=O)(=O)[O-])c1C(=O)OCCC/C=C/CCCCCC.[Na+]. The minimum Gasteiger partial charge on any atom is -0.744 e. The summed E-state index contributed by atoms with van der Waals surface area (Å²) in [6, 6.07) is 3.51. The topological polar surface area (TPSA) is 110 Å². The van der Waals surface area contributed by atoms with Crippen LogP contribution in [-0.2, 0) is 19.6 Å². The second-order valence-electron chi connectivity index (χ2n) is 9.33. The van der Waals surface area contributed by atoms with Crippen LogP contribution in [0.4, 0.5) is 0 Å². The van der Waals surface area contributed by atoms with Crippen molar-refractivity contribution < 1.29 is 61.6 Å². The summed E-state index contributed by atoms with van der Waals surface area (Å²) in [6.45, 7) is 4.48. The molecule has 0 aliphatic heterocycles. The first-order valence-electron chi connectivity index (χ1n) is 14.1. The number of benzene rings is 1. The Bertz CT molecular complexity index is 987. The maximum atomic E-state index is 12.8. The van der Waals surface area contributed by atoms with Crippen LogP contribution in [0.15, 0.2) is 47.4 Å². The van der Waals surface area contributed by atoms with Crippen molar-refractivity contribution in [3.8, 4) is 0 Å². The standard InChI is InChI=1S/C30H46O7S.Na/c1-3-5-7-9-11-13-15-17-19-24-36-29(31)26-22-21-23-27(38(33,34)35)28(26)30(32)37-25-20-18-16-14-12-10-8-6-4-2;/h13-16,21-23H,3-12,17-20,24-25H2,1-2H3,(H,33,34,35);/q;+1/p-1/b15-13+,16-14+;. The largest absolute Gasteiger partial charge is 1.00 e. The zero-order chi connectivity index (χ0) is 28.1. The number of carbonyl (C=O) groups is 2. The van der Waals surface area contributed by atoms with Crippen molar-refractivity contribution in [3.05, 3.63) is 53.6 Å². The predicted octanol–water partition coefficient (Wildman–Crippen LogP) is 4.52. The van der Waals surface area contributed by atoms with E-state index in [2.05, 4.69) is 32.1 Å². The van der Waals surface area contributed by atoms with Gasteiger partial charge < -0.3 is 14.0 Å². The van der Waals surface area contributed by atoms with Crippen molar-refractivity contribution in [1.29, 1.82) is 0 Å². The van der Waals surface area contributed by atoms with Crippen LogP contribution in [0.3, 0.4) is 0 Å². The normalized spacial score (nSPS) is 11.6. The van der Waals surface area contributed by atoms with E-state index in [1.54, 1.807) is 0 Å². The molecule has 0 unspecified atom stereocenters. The van der Waals surface area contributed by atoms with Crippen molar-refractivity contribution in [3.63, 3.8) is 0 Å². The Morgan fingerprint density at radius 1 is 0.718 bits per heavy atom. The van der Waals surface area contributed by atoms with E-state index < -0.39 is 32.5 Å². The molecule has 0 saturated heterocycles. The fourth-order valence-electron chi connectivity index (χ4n) is 3.85. The Balaban J connectivity index is 0.0000144. The molecule has 0 saturated carbocycles. The molecule has 0 spiro atoms. The van der Waals surface area contributed by atoms with Gasteiger partial charge in [0.05, 0.1) is 29.2 Å². The molecule has 0 heterocycles. The molecule has 0 fully saturated rings. The quantitative estimate of drug-likeness (QED) is 0.0700. The third kappa shape index (κ3) is 17.1. The number of hydrogen-bond acceptors (Lipinski definition) is 7. The predicted molar refractivity (Wildman–Crippen MR) is 149 cm³/mol. The van der Waals surface area contributed by atoms with Crippen molar-refractivity contribution in [2.45, 2.75) is 109 Å². The van der Waals surface area contributed by atoms with E-state index in [-0.39, 0.29) is 48.3 Å². The molecule has 0 aliphatic carbocycles. The van der Waals surface area contributed by atoms with Gasteiger partial charge in [-0.3, -0.25) is 0 Å². The smallest absolute Gasteiger partial charge is 0.744 e. The molecular formula is C30H45NaO7S. The van der Waals surface area contributed by atoms with Crippen LogP contribution in [0.5, 0.6) is 0 Å². The van der Waals surface area contributed by atoms with Crippen LogP contribution < -0.4 is 29.6 Å². The third-order valence-electron chi connectivity index (χ3n) is 6.00. The van der Waals surface area contributed by atoms with Crippen molar-refractivity contribution in [2.75, 3.05) is 13.2 Å². The van der Waals surface area contributed by atoms with E-state index >= 15 is 0 Å².